The zero-order valence-corrected chi connectivity index (χ0v) is 20.4. The van der Waals surface area contributed by atoms with E-state index in [9.17, 15) is 28.5 Å². The second-order valence-corrected chi connectivity index (χ2v) is 11.7. The lowest BCUT2D eigenvalue weighted by molar-refractivity contribution is -0.301. The van der Waals surface area contributed by atoms with E-state index in [0.29, 0.717) is 42.7 Å². The van der Waals surface area contributed by atoms with Crippen molar-refractivity contribution in [3.05, 3.63) is 35.5 Å². The van der Waals surface area contributed by atoms with Crippen molar-refractivity contribution in [3.8, 4) is 0 Å². The molecule has 3 N–H and O–H groups in total. The first kappa shape index (κ1) is 25.9. The van der Waals surface area contributed by atoms with Crippen molar-refractivity contribution in [1.29, 1.82) is 0 Å². The Morgan fingerprint density at radius 1 is 1.15 bits per heavy atom. The van der Waals surface area contributed by atoms with E-state index in [0.717, 1.165) is 37.7 Å². The first-order valence-electron chi connectivity index (χ1n) is 12.8. The van der Waals surface area contributed by atoms with Crippen LogP contribution >= 0.6 is 0 Å². The molecule has 1 saturated heterocycles. The van der Waals surface area contributed by atoms with Crippen LogP contribution in [0.25, 0.3) is 0 Å². The predicted octanol–water partition coefficient (Wildman–Crippen LogP) is 4.76. The molecule has 4 nitrogen and oxygen atoms in total. The Labute approximate surface area is 201 Å². The van der Waals surface area contributed by atoms with Crippen molar-refractivity contribution in [2.75, 3.05) is 19.6 Å². The van der Waals surface area contributed by atoms with Gasteiger partial charge >= 0.3 is 6.18 Å². The van der Waals surface area contributed by atoms with Crippen molar-refractivity contribution in [1.82, 2.24) is 4.90 Å². The van der Waals surface area contributed by atoms with Crippen LogP contribution in [0.3, 0.4) is 0 Å². The lowest BCUT2D eigenvalue weighted by Crippen LogP contribution is -2.69. The number of rotatable bonds is 5. The van der Waals surface area contributed by atoms with Gasteiger partial charge in [0.05, 0.1) is 12.2 Å². The quantitative estimate of drug-likeness (QED) is 0.494. The number of aliphatic hydroxyl groups excluding tert-OH is 2. The second-order valence-electron chi connectivity index (χ2n) is 11.7. The maximum atomic E-state index is 12.9. The fourth-order valence-corrected chi connectivity index (χ4v) is 7.26. The number of β-amino-alcohol motifs (C(OH)–C–C–N with tert-alkyl or cyclic N) is 1. The van der Waals surface area contributed by atoms with E-state index in [-0.39, 0.29) is 18.5 Å². The Kier molecular flexibility index (Phi) is 7.15. The molecule has 1 aliphatic heterocycles. The van der Waals surface area contributed by atoms with Gasteiger partial charge in [0, 0.05) is 13.1 Å². The molecule has 3 saturated carbocycles. The molecule has 4 aliphatic rings. The van der Waals surface area contributed by atoms with Crippen LogP contribution in [0.1, 0.15) is 65.2 Å². The van der Waals surface area contributed by atoms with E-state index >= 15 is 0 Å². The summed E-state index contributed by atoms with van der Waals surface area (Å²) in [6.45, 7) is 8.40. The third-order valence-corrected chi connectivity index (χ3v) is 9.42. The Morgan fingerprint density at radius 2 is 1.79 bits per heavy atom. The summed E-state index contributed by atoms with van der Waals surface area (Å²) >= 11 is 0. The van der Waals surface area contributed by atoms with Gasteiger partial charge in [-0.05, 0) is 86.7 Å². The highest BCUT2D eigenvalue weighted by molar-refractivity contribution is 5.29. The van der Waals surface area contributed by atoms with E-state index in [2.05, 4.69) is 32.6 Å². The summed E-state index contributed by atoms with van der Waals surface area (Å²) in [6.07, 6.45) is 5.99. The average Bonchev–Trinajstić information content (AvgIpc) is 3.09. The van der Waals surface area contributed by atoms with Gasteiger partial charge in [-0.25, -0.2) is 0 Å². The molecule has 1 unspecified atom stereocenters. The minimum Gasteiger partial charge on any atom is -0.388 e. The summed E-state index contributed by atoms with van der Waals surface area (Å²) < 4.78 is 38.7. The first-order chi connectivity index (χ1) is 15.8. The predicted molar refractivity (Wildman–Crippen MR) is 126 cm³/mol. The second kappa shape index (κ2) is 9.38. The van der Waals surface area contributed by atoms with Crippen molar-refractivity contribution in [2.45, 2.75) is 89.2 Å². The minimum absolute atomic E-state index is 0.198. The number of fused-ring (bicyclic) bond motifs is 1. The largest absolute Gasteiger partial charge is 0.419 e. The summed E-state index contributed by atoms with van der Waals surface area (Å²) in [5, 5.41) is 30.0. The van der Waals surface area contributed by atoms with Crippen LogP contribution in [0.5, 0.6) is 0 Å². The molecule has 6 atom stereocenters. The fourth-order valence-electron chi connectivity index (χ4n) is 7.26. The normalized spacial score (nSPS) is 38.5. The van der Waals surface area contributed by atoms with Gasteiger partial charge < -0.3 is 15.3 Å². The molecule has 0 spiro atoms. The number of aliphatic hydroxyl groups is 3. The summed E-state index contributed by atoms with van der Waals surface area (Å²) in [7, 11) is 0. The van der Waals surface area contributed by atoms with Crippen molar-refractivity contribution in [3.63, 3.8) is 0 Å². The molecule has 0 amide bonds. The van der Waals surface area contributed by atoms with Gasteiger partial charge in [-0.15, -0.1) is 0 Å². The van der Waals surface area contributed by atoms with E-state index in [1.165, 1.54) is 12.0 Å². The SMILES string of the molecule is C=C1[C@H](O)CC(=C/C=C2\CCC[C@]3(C)[C@@H](C(C)CCN4CC(O)(C(F)(F)F)C4)CC[C@@H]23)C[C@H]1O. The van der Waals surface area contributed by atoms with Gasteiger partial charge in [0.1, 0.15) is 0 Å². The summed E-state index contributed by atoms with van der Waals surface area (Å²) in [5.74, 6) is 1.47. The molecule has 4 rings (SSSR count). The molecule has 4 fully saturated rings. The van der Waals surface area contributed by atoms with Crippen LogP contribution in [0.2, 0.25) is 0 Å². The minimum atomic E-state index is -4.55. The lowest BCUT2D eigenvalue weighted by Gasteiger charge is -2.48. The highest BCUT2D eigenvalue weighted by Crippen LogP contribution is 2.59. The highest BCUT2D eigenvalue weighted by atomic mass is 19.4. The molecule has 1 heterocycles. The van der Waals surface area contributed by atoms with Crippen LogP contribution in [0.15, 0.2) is 35.5 Å². The summed E-state index contributed by atoms with van der Waals surface area (Å²) in [6, 6.07) is 0. The number of hydrogen-bond acceptors (Lipinski definition) is 4. The molecule has 0 radical (unpaired) electrons. The van der Waals surface area contributed by atoms with Crippen LogP contribution in [0, 0.1) is 23.2 Å². The molecule has 0 aromatic carbocycles. The molecular weight excluding hydrogens is 443 g/mol. The third kappa shape index (κ3) is 4.78. The zero-order valence-electron chi connectivity index (χ0n) is 20.4. The third-order valence-electron chi connectivity index (χ3n) is 9.42. The first-order valence-corrected chi connectivity index (χ1v) is 12.8. The molecule has 0 bridgehead atoms. The Morgan fingerprint density at radius 3 is 2.41 bits per heavy atom. The number of halogens is 3. The maximum Gasteiger partial charge on any atom is 0.419 e. The molecular formula is C27H40F3NO3. The summed E-state index contributed by atoms with van der Waals surface area (Å²) in [5.41, 5.74) is 0.689. The molecule has 3 aliphatic carbocycles. The van der Waals surface area contributed by atoms with Gasteiger partial charge in [0.2, 0.25) is 0 Å². The van der Waals surface area contributed by atoms with Gasteiger partial charge in [0.15, 0.2) is 5.60 Å². The summed E-state index contributed by atoms with van der Waals surface area (Å²) in [4.78, 5) is 1.72. The van der Waals surface area contributed by atoms with Crippen LogP contribution in [-0.4, -0.2) is 63.8 Å². The van der Waals surface area contributed by atoms with Gasteiger partial charge in [-0.3, -0.25) is 4.90 Å². The number of allylic oxidation sites excluding steroid dienone is 3. The topological polar surface area (TPSA) is 63.9 Å². The van der Waals surface area contributed by atoms with Gasteiger partial charge in [0.25, 0.3) is 0 Å². The van der Waals surface area contributed by atoms with Crippen molar-refractivity contribution >= 4 is 0 Å². The Balaban J connectivity index is 1.36. The lowest BCUT2D eigenvalue weighted by atomic mass is 9.61. The van der Waals surface area contributed by atoms with Crippen molar-refractivity contribution in [2.24, 2.45) is 23.2 Å². The molecule has 0 aromatic rings. The van der Waals surface area contributed by atoms with E-state index < -0.39 is 24.0 Å². The number of alkyl halides is 3. The monoisotopic (exact) mass is 483 g/mol. The Bertz CT molecular complexity index is 829. The van der Waals surface area contributed by atoms with Crippen LogP contribution in [0.4, 0.5) is 13.2 Å². The molecule has 7 heteroatoms. The molecule has 34 heavy (non-hydrogen) atoms. The molecule has 0 aromatic heterocycles. The van der Waals surface area contributed by atoms with E-state index in [1.54, 1.807) is 4.90 Å². The maximum absolute atomic E-state index is 12.9. The van der Waals surface area contributed by atoms with Gasteiger partial charge in [-0.2, -0.15) is 13.2 Å². The van der Waals surface area contributed by atoms with Crippen molar-refractivity contribution < 1.29 is 28.5 Å². The fraction of sp³-hybridized carbons (Fsp3) is 0.778. The van der Waals surface area contributed by atoms with E-state index in [1.807, 2.05) is 0 Å². The van der Waals surface area contributed by atoms with Crippen LogP contribution < -0.4 is 0 Å². The Hall–Kier alpha value is -1.15. The zero-order chi connectivity index (χ0) is 24.9. The number of likely N-dealkylation sites (tertiary alicyclic amines) is 1. The molecule has 192 valence electrons. The number of hydrogen-bond donors (Lipinski definition) is 3. The standard InChI is InChI=1S/C27H40F3NO3/c1-17(10-12-31-15-26(34,16-31)27(28,29)30)21-8-9-22-20(5-4-11-25(21,22)3)7-6-19-13-23(32)18(2)24(33)14-19/h6-7,17,21-24,32-34H,2,4-5,8-16H2,1,3H3/b20-7+/t17?,21-,22+,23-,24-,25-/m1/s1. The highest BCUT2D eigenvalue weighted by Gasteiger charge is 2.60. The van der Waals surface area contributed by atoms with E-state index in [4.69, 9.17) is 0 Å². The number of nitrogens with zero attached hydrogens (tertiary/aromatic N) is 1. The van der Waals surface area contributed by atoms with Crippen LogP contribution in [-0.2, 0) is 0 Å². The smallest absolute Gasteiger partial charge is 0.388 e. The average molecular weight is 484 g/mol. The van der Waals surface area contributed by atoms with Gasteiger partial charge in [-0.1, -0.05) is 43.7 Å².